The number of hydrogen-bond acceptors (Lipinski definition) is 5. The van der Waals surface area contributed by atoms with Crippen LogP contribution < -0.4 is 5.32 Å². The second-order valence-electron chi connectivity index (χ2n) is 22.8. The van der Waals surface area contributed by atoms with Gasteiger partial charge in [0.2, 0.25) is 5.91 Å². The average molecular weight is 1030 g/mol. The van der Waals surface area contributed by atoms with Gasteiger partial charge in [-0.3, -0.25) is 9.59 Å². The highest BCUT2D eigenvalue weighted by Crippen LogP contribution is 2.18. The molecule has 0 aromatic carbocycles. The topological polar surface area (TPSA) is 95.9 Å². The maximum Gasteiger partial charge on any atom is 0.305 e. The molecule has 0 aliphatic rings. The molecule has 0 saturated carbocycles. The third kappa shape index (κ3) is 59.4. The molecule has 1 amide bonds. The number of esters is 1. The molecule has 0 rings (SSSR count). The predicted molar refractivity (Wildman–Crippen MR) is 320 cm³/mol. The number of ether oxygens (including phenoxy) is 1. The van der Waals surface area contributed by atoms with E-state index in [0.717, 1.165) is 44.9 Å². The van der Waals surface area contributed by atoms with E-state index in [4.69, 9.17) is 4.74 Å². The maximum absolute atomic E-state index is 12.5. The van der Waals surface area contributed by atoms with E-state index < -0.39 is 12.1 Å². The van der Waals surface area contributed by atoms with Crippen LogP contribution in [0.4, 0.5) is 0 Å². The second-order valence-corrected chi connectivity index (χ2v) is 22.8. The number of nitrogens with one attached hydrogen (secondary N) is 1. The van der Waals surface area contributed by atoms with E-state index in [1.807, 2.05) is 0 Å². The van der Waals surface area contributed by atoms with Crippen LogP contribution in [0.5, 0.6) is 0 Å². The molecule has 6 heteroatoms. The van der Waals surface area contributed by atoms with Crippen molar-refractivity contribution in [3.8, 4) is 0 Å². The molecule has 0 fully saturated rings. The van der Waals surface area contributed by atoms with Crippen LogP contribution in [0.3, 0.4) is 0 Å². The predicted octanol–water partition coefficient (Wildman–Crippen LogP) is 21.0. The molecule has 6 nitrogen and oxygen atoms in total. The van der Waals surface area contributed by atoms with Gasteiger partial charge in [0.05, 0.1) is 25.4 Å². The van der Waals surface area contributed by atoms with Crippen molar-refractivity contribution in [2.24, 2.45) is 0 Å². The number of unbranched alkanes of at least 4 members (excludes halogenated alkanes) is 47. The SMILES string of the molecule is CCCC/C=C\CCCCCCCC(=O)OCCCCCCCCCCCCC/C=C\CCCCCCCCCC(=O)NC(CO)C(O)CCCCCCCCCCCCCCCCCCCCCCCCC. The number of carbonyl (C=O) groups is 2. The van der Waals surface area contributed by atoms with Crippen LogP contribution >= 0.6 is 0 Å². The van der Waals surface area contributed by atoms with Gasteiger partial charge in [0.1, 0.15) is 0 Å². The van der Waals surface area contributed by atoms with Crippen LogP contribution in [0.25, 0.3) is 0 Å². The van der Waals surface area contributed by atoms with Gasteiger partial charge in [0.15, 0.2) is 0 Å². The van der Waals surface area contributed by atoms with E-state index in [1.165, 1.54) is 289 Å². The summed E-state index contributed by atoms with van der Waals surface area (Å²) in [6.07, 6.45) is 77.8. The second kappa shape index (κ2) is 62.9. The number of aliphatic hydroxyl groups excluding tert-OH is 2. The summed E-state index contributed by atoms with van der Waals surface area (Å²) in [6.45, 7) is 4.94. The Bertz CT molecular complexity index is 1140. The third-order valence-corrected chi connectivity index (χ3v) is 15.5. The van der Waals surface area contributed by atoms with Gasteiger partial charge in [0, 0.05) is 12.8 Å². The lowest BCUT2D eigenvalue weighted by atomic mass is 10.0. The lowest BCUT2D eigenvalue weighted by molar-refractivity contribution is -0.143. The first-order chi connectivity index (χ1) is 36.0. The van der Waals surface area contributed by atoms with Crippen molar-refractivity contribution < 1.29 is 24.5 Å². The van der Waals surface area contributed by atoms with Crippen molar-refractivity contribution in [1.82, 2.24) is 5.32 Å². The molecule has 0 bridgehead atoms. The molecule has 0 heterocycles. The smallest absolute Gasteiger partial charge is 0.305 e. The quantitative estimate of drug-likeness (QED) is 0.0320. The van der Waals surface area contributed by atoms with Gasteiger partial charge < -0.3 is 20.3 Å². The summed E-state index contributed by atoms with van der Waals surface area (Å²) in [5, 5.41) is 23.4. The van der Waals surface area contributed by atoms with Crippen molar-refractivity contribution in [3.05, 3.63) is 24.3 Å². The van der Waals surface area contributed by atoms with Crippen molar-refractivity contribution in [3.63, 3.8) is 0 Å². The van der Waals surface area contributed by atoms with Gasteiger partial charge >= 0.3 is 5.97 Å². The zero-order chi connectivity index (χ0) is 52.9. The normalized spacial score (nSPS) is 12.7. The molecule has 3 N–H and O–H groups in total. The van der Waals surface area contributed by atoms with Crippen LogP contribution in [0.15, 0.2) is 24.3 Å². The van der Waals surface area contributed by atoms with Gasteiger partial charge in [0.25, 0.3) is 0 Å². The van der Waals surface area contributed by atoms with Crippen molar-refractivity contribution in [2.75, 3.05) is 13.2 Å². The van der Waals surface area contributed by atoms with Crippen LogP contribution in [0, 0.1) is 0 Å². The Balaban J connectivity index is 3.42. The Hall–Kier alpha value is -1.66. The van der Waals surface area contributed by atoms with Crippen LogP contribution in [0.2, 0.25) is 0 Å². The van der Waals surface area contributed by atoms with Gasteiger partial charge in [-0.1, -0.05) is 308 Å². The fraction of sp³-hybridized carbons (Fsp3) is 0.910. The summed E-state index contributed by atoms with van der Waals surface area (Å²) >= 11 is 0. The number of amides is 1. The first-order valence-corrected chi connectivity index (χ1v) is 33.1. The Morgan fingerprint density at radius 3 is 1.01 bits per heavy atom. The minimum atomic E-state index is -0.670. The number of carbonyl (C=O) groups excluding carboxylic acids is 2. The zero-order valence-electron chi connectivity index (χ0n) is 49.4. The Kier molecular flexibility index (Phi) is 61.4. The molecule has 0 aliphatic heterocycles. The Morgan fingerprint density at radius 1 is 0.370 bits per heavy atom. The van der Waals surface area contributed by atoms with Crippen LogP contribution in [-0.4, -0.2) is 47.4 Å². The molecule has 0 aromatic heterocycles. The number of allylic oxidation sites excluding steroid dienone is 4. The van der Waals surface area contributed by atoms with E-state index in [0.29, 0.717) is 25.9 Å². The Morgan fingerprint density at radius 2 is 0.658 bits per heavy atom. The highest BCUT2D eigenvalue weighted by Gasteiger charge is 2.20. The molecule has 0 aromatic rings. The summed E-state index contributed by atoms with van der Waals surface area (Å²) in [5.41, 5.74) is 0. The van der Waals surface area contributed by atoms with Crippen molar-refractivity contribution in [2.45, 2.75) is 379 Å². The first-order valence-electron chi connectivity index (χ1n) is 33.1. The molecule has 0 saturated heterocycles. The van der Waals surface area contributed by atoms with Crippen LogP contribution in [-0.2, 0) is 14.3 Å². The molecular weight excluding hydrogens is 899 g/mol. The fourth-order valence-electron chi connectivity index (χ4n) is 10.4. The lowest BCUT2D eigenvalue weighted by Crippen LogP contribution is -2.45. The average Bonchev–Trinajstić information content (AvgIpc) is 3.39. The summed E-state index contributed by atoms with van der Waals surface area (Å²) in [5.74, 6) is -0.0386. The summed E-state index contributed by atoms with van der Waals surface area (Å²) < 4.78 is 5.46. The van der Waals surface area contributed by atoms with Gasteiger partial charge in [-0.15, -0.1) is 0 Å². The molecular formula is C67H129NO5. The maximum atomic E-state index is 12.5. The van der Waals surface area contributed by atoms with Gasteiger partial charge in [-0.2, -0.15) is 0 Å². The molecule has 0 spiro atoms. The molecule has 2 atom stereocenters. The van der Waals surface area contributed by atoms with Crippen molar-refractivity contribution >= 4 is 11.9 Å². The summed E-state index contributed by atoms with van der Waals surface area (Å²) in [4.78, 5) is 24.5. The molecule has 73 heavy (non-hydrogen) atoms. The highest BCUT2D eigenvalue weighted by atomic mass is 16.5. The molecule has 432 valence electrons. The minimum Gasteiger partial charge on any atom is -0.466 e. The summed E-state index contributed by atoms with van der Waals surface area (Å²) in [7, 11) is 0. The largest absolute Gasteiger partial charge is 0.466 e. The molecule has 0 radical (unpaired) electrons. The summed E-state index contributed by atoms with van der Waals surface area (Å²) in [6, 6.07) is -0.548. The number of aliphatic hydroxyl groups is 2. The van der Waals surface area contributed by atoms with E-state index in [1.54, 1.807) is 0 Å². The number of hydrogen-bond donors (Lipinski definition) is 3. The van der Waals surface area contributed by atoms with E-state index in [2.05, 4.69) is 43.5 Å². The molecule has 2 unspecified atom stereocenters. The standard InChI is InChI=1S/C67H129NO5/c1-3-5-7-9-11-13-15-16-17-18-19-20-21-24-27-30-33-36-40-43-47-51-55-59-65(70)64(63-69)68-66(71)60-56-52-48-44-41-37-34-31-28-25-22-23-26-29-32-35-38-42-46-50-54-58-62-73-67(72)61-57-53-49-45-39-14-12-10-8-6-4-2/h10,12,25,28,64-65,69-70H,3-9,11,13-24,26-27,29-63H2,1-2H3,(H,68,71)/b12-10-,28-25-. The van der Waals surface area contributed by atoms with Crippen LogP contribution in [0.1, 0.15) is 367 Å². The first kappa shape index (κ1) is 71.3. The molecule has 0 aliphatic carbocycles. The zero-order valence-corrected chi connectivity index (χ0v) is 49.4. The third-order valence-electron chi connectivity index (χ3n) is 15.5. The Labute approximate surface area is 456 Å². The van der Waals surface area contributed by atoms with E-state index in [9.17, 15) is 19.8 Å². The van der Waals surface area contributed by atoms with E-state index in [-0.39, 0.29) is 18.5 Å². The minimum absolute atomic E-state index is 0.000510. The van der Waals surface area contributed by atoms with E-state index >= 15 is 0 Å². The lowest BCUT2D eigenvalue weighted by Gasteiger charge is -2.22. The highest BCUT2D eigenvalue weighted by molar-refractivity contribution is 5.76. The fourth-order valence-corrected chi connectivity index (χ4v) is 10.4. The van der Waals surface area contributed by atoms with Crippen molar-refractivity contribution in [1.29, 1.82) is 0 Å². The number of rotatable bonds is 62. The monoisotopic (exact) mass is 1030 g/mol. The van der Waals surface area contributed by atoms with Gasteiger partial charge in [-0.25, -0.2) is 0 Å². The van der Waals surface area contributed by atoms with Gasteiger partial charge in [-0.05, 0) is 70.6 Å².